The number of phenolic OH excluding ortho intramolecular Hbond substituents is 2. The number of aryl methyl sites for hydroxylation is 1. The van der Waals surface area contributed by atoms with Crippen LogP contribution in [0.4, 0.5) is 0 Å². The first-order valence-electron chi connectivity index (χ1n) is 10.5. The average Bonchev–Trinajstić information content (AvgIpc) is 2.83. The fourth-order valence-electron chi connectivity index (χ4n) is 4.26. The summed E-state index contributed by atoms with van der Waals surface area (Å²) in [4.78, 5) is 26.7. The van der Waals surface area contributed by atoms with Gasteiger partial charge in [0, 0.05) is 11.1 Å². The molecule has 12 nitrogen and oxygen atoms in total. The minimum atomic E-state index is -1.77. The number of rotatable bonds is 5. The van der Waals surface area contributed by atoms with E-state index in [1.54, 1.807) is 0 Å². The first kappa shape index (κ1) is 24.7. The highest BCUT2D eigenvalue weighted by molar-refractivity contribution is 6.31. The topological polar surface area (TPSA) is 192 Å². The zero-order chi connectivity index (χ0) is 25.8. The second-order valence-electron chi connectivity index (χ2n) is 8.15. The molecule has 1 saturated heterocycles. The Hall–Kier alpha value is -3.42. The van der Waals surface area contributed by atoms with Gasteiger partial charge in [0.2, 0.25) is 17.8 Å². The maximum atomic E-state index is 13.4. The molecule has 6 N–H and O–H groups in total. The number of aliphatic hydroxyl groups excluding tert-OH is 4. The second-order valence-corrected chi connectivity index (χ2v) is 8.15. The molecule has 4 rings (SSSR count). The summed E-state index contributed by atoms with van der Waals surface area (Å²) in [5.74, 6) is -3.50. The number of hydrogen-bond donors (Lipinski definition) is 6. The molecule has 2 aromatic carbocycles. The Morgan fingerprint density at radius 2 is 1.49 bits per heavy atom. The van der Waals surface area contributed by atoms with Gasteiger partial charge in [-0.2, -0.15) is 0 Å². The van der Waals surface area contributed by atoms with E-state index in [0.29, 0.717) is 0 Å². The van der Waals surface area contributed by atoms with E-state index in [0.717, 1.165) is 13.2 Å². The highest BCUT2D eigenvalue weighted by atomic mass is 16.7. The molecule has 1 heterocycles. The monoisotopic (exact) mass is 492 g/mol. The van der Waals surface area contributed by atoms with Crippen molar-refractivity contribution in [2.45, 2.75) is 37.6 Å². The number of hydrogen-bond acceptors (Lipinski definition) is 12. The lowest BCUT2D eigenvalue weighted by molar-refractivity contribution is -0.277. The summed E-state index contributed by atoms with van der Waals surface area (Å²) >= 11 is 0. The summed E-state index contributed by atoms with van der Waals surface area (Å²) in [6, 6.07) is 2.42. The summed E-state index contributed by atoms with van der Waals surface area (Å²) in [5, 5.41) is 60.9. The molecule has 0 bridgehead atoms. The van der Waals surface area contributed by atoms with E-state index < -0.39 is 60.2 Å². The molecular weight excluding hydrogens is 468 g/mol. The fourth-order valence-corrected chi connectivity index (χ4v) is 4.26. The van der Waals surface area contributed by atoms with Crippen molar-refractivity contribution in [1.82, 2.24) is 0 Å². The van der Waals surface area contributed by atoms with Crippen LogP contribution in [0.1, 0.15) is 37.4 Å². The molecule has 2 aromatic rings. The zero-order valence-electron chi connectivity index (χ0n) is 18.9. The van der Waals surface area contributed by atoms with Crippen molar-refractivity contribution in [1.29, 1.82) is 0 Å². The summed E-state index contributed by atoms with van der Waals surface area (Å²) < 4.78 is 21.2. The smallest absolute Gasteiger partial charge is 0.229 e. The van der Waals surface area contributed by atoms with Gasteiger partial charge in [-0.15, -0.1) is 0 Å². The average molecular weight is 492 g/mol. The maximum absolute atomic E-state index is 13.4. The molecule has 12 heteroatoms. The van der Waals surface area contributed by atoms with Gasteiger partial charge >= 0.3 is 0 Å². The Morgan fingerprint density at radius 3 is 2.09 bits per heavy atom. The molecule has 0 aromatic heterocycles. The Balaban J connectivity index is 1.83. The van der Waals surface area contributed by atoms with Crippen LogP contribution in [-0.2, 0) is 4.74 Å². The summed E-state index contributed by atoms with van der Waals surface area (Å²) in [6.07, 6.45) is -8.05. The molecule has 35 heavy (non-hydrogen) atoms. The lowest BCUT2D eigenvalue weighted by Gasteiger charge is -2.39. The number of carbonyl (C=O) groups excluding carboxylic acids is 2. The molecular formula is C23H24O12. The van der Waals surface area contributed by atoms with E-state index in [1.165, 1.54) is 20.1 Å². The quantitative estimate of drug-likeness (QED) is 0.265. The highest BCUT2D eigenvalue weighted by Gasteiger charge is 2.46. The van der Waals surface area contributed by atoms with Crippen LogP contribution < -0.4 is 14.2 Å². The Bertz CT molecular complexity index is 1200. The van der Waals surface area contributed by atoms with Gasteiger partial charge in [0.25, 0.3) is 0 Å². The van der Waals surface area contributed by atoms with Gasteiger partial charge in [-0.1, -0.05) is 0 Å². The minimum absolute atomic E-state index is 0.0713. The van der Waals surface area contributed by atoms with Crippen LogP contribution in [-0.4, -0.2) is 93.7 Å². The normalized spacial score (nSPS) is 25.6. The van der Waals surface area contributed by atoms with Crippen molar-refractivity contribution >= 4 is 11.6 Å². The van der Waals surface area contributed by atoms with Gasteiger partial charge in [-0.05, 0) is 24.6 Å². The van der Waals surface area contributed by atoms with Crippen molar-refractivity contribution < 1.29 is 59.2 Å². The van der Waals surface area contributed by atoms with Crippen LogP contribution in [0.3, 0.4) is 0 Å². The highest BCUT2D eigenvalue weighted by Crippen LogP contribution is 2.48. The molecule has 0 amide bonds. The number of carbonyl (C=O) groups is 2. The van der Waals surface area contributed by atoms with Crippen molar-refractivity contribution in [3.05, 3.63) is 39.9 Å². The third kappa shape index (κ3) is 3.66. The van der Waals surface area contributed by atoms with Crippen molar-refractivity contribution in [2.75, 3.05) is 20.8 Å². The molecule has 1 fully saturated rings. The number of benzene rings is 2. The van der Waals surface area contributed by atoms with Crippen LogP contribution in [0.15, 0.2) is 12.1 Å². The van der Waals surface area contributed by atoms with E-state index in [1.807, 2.05) is 0 Å². The van der Waals surface area contributed by atoms with Crippen molar-refractivity contribution in [3.8, 4) is 28.7 Å². The van der Waals surface area contributed by atoms with Gasteiger partial charge in [0.15, 0.2) is 28.8 Å². The van der Waals surface area contributed by atoms with Gasteiger partial charge < -0.3 is 49.6 Å². The Labute approximate surface area is 198 Å². The van der Waals surface area contributed by atoms with Gasteiger partial charge in [-0.3, -0.25) is 9.59 Å². The molecule has 1 aliphatic heterocycles. The number of ketones is 2. The molecule has 0 saturated carbocycles. The van der Waals surface area contributed by atoms with Gasteiger partial charge in [0.1, 0.15) is 24.4 Å². The maximum Gasteiger partial charge on any atom is 0.229 e. The minimum Gasteiger partial charge on any atom is -0.504 e. The summed E-state index contributed by atoms with van der Waals surface area (Å²) in [5.41, 5.74) is -0.693. The van der Waals surface area contributed by atoms with E-state index in [-0.39, 0.29) is 45.3 Å². The lowest BCUT2D eigenvalue weighted by atomic mass is 9.81. The van der Waals surface area contributed by atoms with Crippen LogP contribution in [0.2, 0.25) is 0 Å². The molecule has 0 radical (unpaired) electrons. The number of phenols is 2. The van der Waals surface area contributed by atoms with E-state index in [4.69, 9.17) is 18.9 Å². The molecule has 0 unspecified atom stereocenters. The first-order chi connectivity index (χ1) is 16.6. The number of methoxy groups -OCH3 is 2. The third-order valence-electron chi connectivity index (χ3n) is 6.11. The largest absolute Gasteiger partial charge is 0.504 e. The predicted molar refractivity (Wildman–Crippen MR) is 115 cm³/mol. The van der Waals surface area contributed by atoms with E-state index in [2.05, 4.69) is 0 Å². The molecule has 0 spiro atoms. The first-order valence-corrected chi connectivity index (χ1v) is 10.5. The van der Waals surface area contributed by atoms with E-state index >= 15 is 0 Å². The fraction of sp³-hybridized carbons (Fsp3) is 0.391. The standard InChI is InChI=1S/C23H24O12/c1-7-4-8-13(22(33-3)14(7)25)17(28)12-9(15(8)26)5-10(21(32-2)18(12)29)34-23-20(31)19(30)16(27)11(6-24)35-23/h4-5,11,16,19-20,23-25,27,29-31H,6H2,1-3H3/t11-,16-,19+,20-,23-/m0/s1. The SMILES string of the molecule is COc1c(O[C@H]2O[C@@H](CO)[C@H](O)[C@@H](O)[C@@H]2O)cc2c(c1O)C(=O)c1c(cc(C)c(O)c1OC)C2=O. The van der Waals surface area contributed by atoms with Gasteiger partial charge in [0.05, 0.1) is 32.0 Å². The molecule has 5 atom stereocenters. The molecule has 2 aliphatic rings. The van der Waals surface area contributed by atoms with Crippen LogP contribution in [0, 0.1) is 6.92 Å². The van der Waals surface area contributed by atoms with E-state index in [9.17, 15) is 40.2 Å². The van der Waals surface area contributed by atoms with Crippen molar-refractivity contribution in [2.24, 2.45) is 0 Å². The second kappa shape index (κ2) is 8.98. The number of aliphatic hydroxyl groups is 4. The molecule has 1 aliphatic carbocycles. The van der Waals surface area contributed by atoms with Crippen molar-refractivity contribution in [3.63, 3.8) is 0 Å². The van der Waals surface area contributed by atoms with Crippen LogP contribution in [0.25, 0.3) is 0 Å². The van der Waals surface area contributed by atoms with Crippen LogP contribution >= 0.6 is 0 Å². The number of aromatic hydroxyl groups is 2. The number of fused-ring (bicyclic) bond motifs is 2. The van der Waals surface area contributed by atoms with Crippen LogP contribution in [0.5, 0.6) is 28.7 Å². The van der Waals surface area contributed by atoms with Gasteiger partial charge in [-0.25, -0.2) is 0 Å². The summed E-state index contributed by atoms with van der Waals surface area (Å²) in [7, 11) is 2.38. The number of ether oxygens (including phenoxy) is 4. The zero-order valence-corrected chi connectivity index (χ0v) is 18.9. The summed E-state index contributed by atoms with van der Waals surface area (Å²) in [6.45, 7) is 0.819. The predicted octanol–water partition coefficient (Wildman–Crippen LogP) is -0.622. The Kier molecular flexibility index (Phi) is 6.34. The molecule has 188 valence electrons. The Morgan fingerprint density at radius 1 is 0.857 bits per heavy atom. The lowest BCUT2D eigenvalue weighted by Crippen LogP contribution is -2.60. The third-order valence-corrected chi connectivity index (χ3v) is 6.11.